The van der Waals surface area contributed by atoms with Gasteiger partial charge in [0, 0.05) is 16.0 Å². The van der Waals surface area contributed by atoms with E-state index in [1.807, 2.05) is 58.9 Å². The van der Waals surface area contributed by atoms with Crippen LogP contribution in [0.3, 0.4) is 0 Å². The zero-order valence-electron chi connectivity index (χ0n) is 14.6. The molecule has 4 nitrogen and oxygen atoms in total. The minimum Gasteiger partial charge on any atom is -0.344 e. The molecule has 1 aromatic carbocycles. The number of benzene rings is 1. The molecule has 0 aliphatic heterocycles. The largest absolute Gasteiger partial charge is 0.344 e. The Morgan fingerprint density at radius 2 is 1.92 bits per heavy atom. The predicted molar refractivity (Wildman–Crippen MR) is 98.7 cm³/mol. The molecule has 0 spiro atoms. The molecule has 3 aromatic rings. The van der Waals surface area contributed by atoms with Crippen LogP contribution in [0.4, 0.5) is 0 Å². The number of amides is 1. The number of hydrogen-bond acceptors (Lipinski definition) is 4. The van der Waals surface area contributed by atoms with Gasteiger partial charge in [-0.25, -0.2) is 4.98 Å². The third kappa shape index (κ3) is 3.04. The van der Waals surface area contributed by atoms with Gasteiger partial charge in [-0.05, 0) is 46.2 Å². The van der Waals surface area contributed by atoms with Crippen molar-refractivity contribution in [3.05, 3.63) is 56.7 Å². The van der Waals surface area contributed by atoms with E-state index in [1.165, 1.54) is 0 Å². The quantitative estimate of drug-likeness (QED) is 0.769. The predicted octanol–water partition coefficient (Wildman–Crippen LogP) is 4.42. The van der Waals surface area contributed by atoms with Crippen LogP contribution in [0.2, 0.25) is 0 Å². The number of para-hydroxylation sites is 1. The number of aryl methyl sites for hydroxylation is 4. The van der Waals surface area contributed by atoms with Gasteiger partial charge in [0.25, 0.3) is 5.91 Å². The minimum atomic E-state index is -0.129. The van der Waals surface area contributed by atoms with Crippen LogP contribution in [0.15, 0.2) is 24.3 Å². The van der Waals surface area contributed by atoms with Gasteiger partial charge in [-0.15, -0.1) is 11.3 Å². The lowest BCUT2D eigenvalue weighted by molar-refractivity contribution is 0.0940. The molecule has 0 saturated carbocycles. The first kappa shape index (κ1) is 16.6. The minimum absolute atomic E-state index is 0.0892. The summed E-state index contributed by atoms with van der Waals surface area (Å²) in [6.45, 7) is 9.93. The fourth-order valence-electron chi connectivity index (χ4n) is 3.00. The van der Waals surface area contributed by atoms with Gasteiger partial charge in [0.05, 0.1) is 27.8 Å². The maximum absolute atomic E-state index is 12.9. The Morgan fingerprint density at radius 1 is 1.17 bits per heavy atom. The number of pyridine rings is 1. The standard InChI is InChI=1S/C19H21N3OS/c1-10-7-6-8-15-16(9-11(2)20-17(10)15)19(23)21-12(3)18-13(4)24-14(5)22-18/h6-9,12H,1-5H3,(H,21,23)/t12-/m1/s1. The van der Waals surface area contributed by atoms with Gasteiger partial charge in [0.2, 0.25) is 0 Å². The van der Waals surface area contributed by atoms with Crippen LogP contribution in [0.25, 0.3) is 10.9 Å². The summed E-state index contributed by atoms with van der Waals surface area (Å²) in [5.41, 5.74) is 4.41. The Morgan fingerprint density at radius 3 is 2.58 bits per heavy atom. The van der Waals surface area contributed by atoms with Crippen LogP contribution in [0.5, 0.6) is 0 Å². The number of aromatic nitrogens is 2. The summed E-state index contributed by atoms with van der Waals surface area (Å²) < 4.78 is 0. The number of carbonyl (C=O) groups excluding carboxylic acids is 1. The number of thiazole rings is 1. The Labute approximate surface area is 146 Å². The lowest BCUT2D eigenvalue weighted by Crippen LogP contribution is -2.27. The van der Waals surface area contributed by atoms with E-state index in [0.717, 1.165) is 37.7 Å². The monoisotopic (exact) mass is 339 g/mol. The van der Waals surface area contributed by atoms with E-state index in [1.54, 1.807) is 11.3 Å². The first-order valence-electron chi connectivity index (χ1n) is 7.98. The van der Waals surface area contributed by atoms with Crippen LogP contribution in [-0.2, 0) is 0 Å². The lowest BCUT2D eigenvalue weighted by atomic mass is 10.0. The summed E-state index contributed by atoms with van der Waals surface area (Å²) in [7, 11) is 0. The molecule has 1 amide bonds. The molecule has 0 radical (unpaired) electrons. The highest BCUT2D eigenvalue weighted by Gasteiger charge is 2.19. The number of fused-ring (bicyclic) bond motifs is 1. The van der Waals surface area contributed by atoms with E-state index >= 15 is 0 Å². The Kier molecular flexibility index (Phi) is 4.37. The van der Waals surface area contributed by atoms with E-state index < -0.39 is 0 Å². The first-order chi connectivity index (χ1) is 11.4. The van der Waals surface area contributed by atoms with Crippen LogP contribution in [-0.4, -0.2) is 15.9 Å². The summed E-state index contributed by atoms with van der Waals surface area (Å²) in [5, 5.41) is 4.99. The number of rotatable bonds is 3. The molecule has 1 atom stereocenters. The molecule has 0 unspecified atom stereocenters. The lowest BCUT2D eigenvalue weighted by Gasteiger charge is -2.15. The van der Waals surface area contributed by atoms with Crippen LogP contribution >= 0.6 is 11.3 Å². The average molecular weight is 339 g/mol. The van der Waals surface area contributed by atoms with E-state index in [-0.39, 0.29) is 11.9 Å². The van der Waals surface area contributed by atoms with Gasteiger partial charge >= 0.3 is 0 Å². The topological polar surface area (TPSA) is 54.9 Å². The summed E-state index contributed by atoms with van der Waals surface area (Å²) in [6, 6.07) is 7.65. The van der Waals surface area contributed by atoms with Crippen LogP contribution in [0.1, 0.15) is 50.2 Å². The molecular formula is C19H21N3OS. The third-order valence-electron chi connectivity index (χ3n) is 4.11. The fourth-order valence-corrected chi connectivity index (χ4v) is 3.91. The molecule has 2 heterocycles. The third-order valence-corrected chi connectivity index (χ3v) is 5.01. The highest BCUT2D eigenvalue weighted by Crippen LogP contribution is 2.25. The molecule has 1 N–H and O–H groups in total. The maximum atomic E-state index is 12.9. The van der Waals surface area contributed by atoms with Crippen molar-refractivity contribution in [1.82, 2.24) is 15.3 Å². The van der Waals surface area contributed by atoms with Crippen molar-refractivity contribution < 1.29 is 4.79 Å². The van der Waals surface area contributed by atoms with E-state index in [2.05, 4.69) is 15.3 Å². The summed E-state index contributed by atoms with van der Waals surface area (Å²) >= 11 is 1.65. The van der Waals surface area contributed by atoms with E-state index in [4.69, 9.17) is 0 Å². The Hall–Kier alpha value is -2.27. The smallest absolute Gasteiger partial charge is 0.252 e. The zero-order valence-corrected chi connectivity index (χ0v) is 15.4. The van der Waals surface area contributed by atoms with Crippen LogP contribution < -0.4 is 5.32 Å². The number of hydrogen-bond donors (Lipinski definition) is 1. The number of nitrogens with zero attached hydrogens (tertiary/aromatic N) is 2. The number of carbonyl (C=O) groups is 1. The summed E-state index contributed by atoms with van der Waals surface area (Å²) in [5.74, 6) is -0.0892. The first-order valence-corrected chi connectivity index (χ1v) is 8.80. The zero-order chi connectivity index (χ0) is 17.4. The molecule has 0 aliphatic rings. The Balaban J connectivity index is 1.97. The highest BCUT2D eigenvalue weighted by atomic mass is 32.1. The molecule has 0 aliphatic carbocycles. The van der Waals surface area contributed by atoms with Crippen molar-refractivity contribution in [2.75, 3.05) is 0 Å². The molecular weight excluding hydrogens is 318 g/mol. The van der Waals surface area contributed by atoms with Crippen LogP contribution in [0, 0.1) is 27.7 Å². The van der Waals surface area contributed by atoms with Crippen molar-refractivity contribution in [3.63, 3.8) is 0 Å². The van der Waals surface area contributed by atoms with Gasteiger partial charge in [-0.1, -0.05) is 18.2 Å². The molecule has 5 heteroatoms. The van der Waals surface area contributed by atoms with E-state index in [0.29, 0.717) is 5.56 Å². The molecule has 0 bridgehead atoms. The highest BCUT2D eigenvalue weighted by molar-refractivity contribution is 7.11. The van der Waals surface area contributed by atoms with Gasteiger partial charge in [-0.3, -0.25) is 9.78 Å². The second-order valence-corrected chi connectivity index (χ2v) is 7.56. The maximum Gasteiger partial charge on any atom is 0.252 e. The SMILES string of the molecule is Cc1cc(C(=O)N[C@H](C)c2nc(C)sc2C)c2cccc(C)c2n1. The fraction of sp³-hybridized carbons (Fsp3) is 0.316. The van der Waals surface area contributed by atoms with Crippen molar-refractivity contribution in [2.45, 2.75) is 40.7 Å². The van der Waals surface area contributed by atoms with Crippen molar-refractivity contribution in [2.24, 2.45) is 0 Å². The molecule has 3 rings (SSSR count). The van der Waals surface area contributed by atoms with Crippen molar-refractivity contribution >= 4 is 28.1 Å². The molecule has 2 aromatic heterocycles. The van der Waals surface area contributed by atoms with Gasteiger partial charge in [0.15, 0.2) is 0 Å². The second-order valence-electron chi connectivity index (χ2n) is 6.15. The Bertz CT molecular complexity index is 930. The summed E-state index contributed by atoms with van der Waals surface area (Å²) in [6.07, 6.45) is 0. The molecule has 0 saturated heterocycles. The van der Waals surface area contributed by atoms with Gasteiger partial charge < -0.3 is 5.32 Å². The van der Waals surface area contributed by atoms with Gasteiger partial charge in [0.1, 0.15) is 0 Å². The molecule has 124 valence electrons. The average Bonchev–Trinajstić information content (AvgIpc) is 2.86. The number of nitrogens with one attached hydrogen (secondary N) is 1. The van der Waals surface area contributed by atoms with Crippen molar-refractivity contribution in [1.29, 1.82) is 0 Å². The molecule has 24 heavy (non-hydrogen) atoms. The normalized spacial score (nSPS) is 12.4. The molecule has 0 fully saturated rings. The second kappa shape index (κ2) is 6.32. The van der Waals surface area contributed by atoms with Crippen molar-refractivity contribution in [3.8, 4) is 0 Å². The van der Waals surface area contributed by atoms with E-state index in [9.17, 15) is 4.79 Å². The van der Waals surface area contributed by atoms with Gasteiger partial charge in [-0.2, -0.15) is 0 Å². The summed E-state index contributed by atoms with van der Waals surface area (Å²) in [4.78, 5) is 23.1.